The lowest BCUT2D eigenvalue weighted by Crippen LogP contribution is -2.12. The van der Waals surface area contributed by atoms with Crippen LogP contribution < -0.4 is 9.80 Å². The summed E-state index contributed by atoms with van der Waals surface area (Å²) in [5.41, 5.74) is 7.05. The number of hydrogen-bond donors (Lipinski definition) is 0. The smallest absolute Gasteiger partial charge is 0.0567 e. The number of anilines is 5. The Labute approximate surface area is 212 Å². The number of nitrogens with zero attached hydrogens (tertiary/aromatic N) is 2. The molecule has 0 radical (unpaired) electrons. The summed E-state index contributed by atoms with van der Waals surface area (Å²) in [4.78, 5) is 4.61. The van der Waals surface area contributed by atoms with E-state index in [1.54, 1.807) is 0 Å². The van der Waals surface area contributed by atoms with Gasteiger partial charge in [-0.2, -0.15) is 0 Å². The van der Waals surface area contributed by atoms with Gasteiger partial charge in [-0.15, -0.1) is 0 Å². The Morgan fingerprint density at radius 3 is 1.47 bits per heavy atom. The van der Waals surface area contributed by atoms with E-state index in [0.717, 1.165) is 22.7 Å². The van der Waals surface area contributed by atoms with Crippen LogP contribution in [-0.2, 0) is 0 Å². The summed E-state index contributed by atoms with van der Waals surface area (Å²) >= 11 is 0. The molecule has 0 saturated carbocycles. The van der Waals surface area contributed by atoms with Crippen molar-refractivity contribution in [3.63, 3.8) is 0 Å². The minimum Gasteiger partial charge on any atom is -0.344 e. The van der Waals surface area contributed by atoms with Crippen LogP contribution in [0.15, 0.2) is 133 Å². The molecule has 0 N–H and O–H groups in total. The first-order valence-electron chi connectivity index (χ1n) is 12.4. The summed E-state index contributed by atoms with van der Waals surface area (Å²) < 4.78 is 0. The van der Waals surface area contributed by atoms with Gasteiger partial charge in [-0.25, -0.2) is 0 Å². The van der Waals surface area contributed by atoms with Crippen molar-refractivity contribution in [2.45, 2.75) is 6.92 Å². The van der Waals surface area contributed by atoms with Crippen LogP contribution in [0.4, 0.5) is 28.4 Å². The molecule has 6 rings (SSSR count). The van der Waals surface area contributed by atoms with Gasteiger partial charge in [0.25, 0.3) is 0 Å². The summed E-state index contributed by atoms with van der Waals surface area (Å²) in [6.07, 6.45) is 0. The van der Waals surface area contributed by atoms with Crippen LogP contribution in [0.1, 0.15) is 5.56 Å². The third-order valence-electron chi connectivity index (χ3n) is 6.88. The Bertz CT molecular complexity index is 1580. The molecule has 0 fully saturated rings. The number of benzene rings is 6. The number of fused-ring (bicyclic) bond motifs is 2. The molecule has 0 aliphatic heterocycles. The first kappa shape index (κ1) is 21.9. The van der Waals surface area contributed by atoms with Gasteiger partial charge in [0.1, 0.15) is 0 Å². The fourth-order valence-corrected chi connectivity index (χ4v) is 5.02. The normalized spacial score (nSPS) is 11.1. The fraction of sp³-hybridized carbons (Fsp3) is 0.0588. The van der Waals surface area contributed by atoms with Gasteiger partial charge in [0.05, 0.1) is 5.69 Å². The number of hydrogen-bond acceptors (Lipinski definition) is 2. The third kappa shape index (κ3) is 3.97. The van der Waals surface area contributed by atoms with Crippen LogP contribution >= 0.6 is 0 Å². The minimum absolute atomic E-state index is 1.13. The molecule has 0 amide bonds. The second-order valence-electron chi connectivity index (χ2n) is 9.25. The fourth-order valence-electron chi connectivity index (χ4n) is 5.02. The molecular weight excluding hydrogens is 436 g/mol. The SMILES string of the molecule is Cc1ccc(N(c2ccccc2)c2ccc(N(C)c3c4ccccc4cc4ccccc34)cc2)cc1. The highest BCUT2D eigenvalue weighted by Crippen LogP contribution is 2.40. The van der Waals surface area contributed by atoms with Gasteiger partial charge in [-0.05, 0) is 72.3 Å². The van der Waals surface area contributed by atoms with Crippen LogP contribution in [0.5, 0.6) is 0 Å². The summed E-state index contributed by atoms with van der Waals surface area (Å²) in [6.45, 7) is 2.12. The quantitative estimate of drug-likeness (QED) is 0.234. The Hall–Kier alpha value is -4.56. The first-order chi connectivity index (χ1) is 17.7. The molecule has 2 nitrogen and oxygen atoms in total. The van der Waals surface area contributed by atoms with Crippen LogP contribution in [0.2, 0.25) is 0 Å². The molecule has 0 bridgehead atoms. The topological polar surface area (TPSA) is 6.48 Å². The van der Waals surface area contributed by atoms with Gasteiger partial charge in [0.2, 0.25) is 0 Å². The average molecular weight is 465 g/mol. The second kappa shape index (κ2) is 9.24. The van der Waals surface area contributed by atoms with E-state index in [4.69, 9.17) is 0 Å². The van der Waals surface area contributed by atoms with Crippen molar-refractivity contribution in [3.05, 3.63) is 139 Å². The van der Waals surface area contributed by atoms with Gasteiger partial charge in [-0.3, -0.25) is 0 Å². The zero-order valence-electron chi connectivity index (χ0n) is 20.6. The lowest BCUT2D eigenvalue weighted by molar-refractivity contribution is 1.22. The Morgan fingerprint density at radius 2 is 0.889 bits per heavy atom. The van der Waals surface area contributed by atoms with Crippen molar-refractivity contribution in [3.8, 4) is 0 Å². The van der Waals surface area contributed by atoms with E-state index in [9.17, 15) is 0 Å². The first-order valence-corrected chi connectivity index (χ1v) is 12.4. The Kier molecular flexibility index (Phi) is 5.63. The monoisotopic (exact) mass is 464 g/mol. The summed E-state index contributed by atoms with van der Waals surface area (Å²) in [6, 6.07) is 47.7. The second-order valence-corrected chi connectivity index (χ2v) is 9.25. The third-order valence-corrected chi connectivity index (χ3v) is 6.88. The van der Waals surface area contributed by atoms with E-state index >= 15 is 0 Å². The molecule has 6 aromatic rings. The summed E-state index contributed by atoms with van der Waals surface area (Å²) in [5, 5.41) is 5.02. The van der Waals surface area contributed by atoms with Crippen molar-refractivity contribution in [1.82, 2.24) is 0 Å². The molecule has 0 aliphatic rings. The van der Waals surface area contributed by atoms with Gasteiger partial charge < -0.3 is 9.80 Å². The minimum atomic E-state index is 1.13. The summed E-state index contributed by atoms with van der Waals surface area (Å²) in [7, 11) is 2.16. The number of rotatable bonds is 5. The highest BCUT2D eigenvalue weighted by molar-refractivity contribution is 6.12. The summed E-state index contributed by atoms with van der Waals surface area (Å²) in [5.74, 6) is 0. The van der Waals surface area contributed by atoms with E-state index in [-0.39, 0.29) is 0 Å². The zero-order chi connectivity index (χ0) is 24.5. The predicted octanol–water partition coefficient (Wildman–Crippen LogP) is 9.54. The Morgan fingerprint density at radius 1 is 0.444 bits per heavy atom. The van der Waals surface area contributed by atoms with Gasteiger partial charge in [0, 0.05) is 40.6 Å². The van der Waals surface area contributed by atoms with Gasteiger partial charge >= 0.3 is 0 Å². The number of aryl methyl sites for hydroxylation is 1. The molecule has 0 heterocycles. The molecule has 174 valence electrons. The van der Waals surface area contributed by atoms with E-state index < -0.39 is 0 Å². The van der Waals surface area contributed by atoms with Crippen LogP contribution in [-0.4, -0.2) is 7.05 Å². The maximum absolute atomic E-state index is 2.31. The largest absolute Gasteiger partial charge is 0.344 e. The average Bonchev–Trinajstić information content (AvgIpc) is 2.93. The molecule has 36 heavy (non-hydrogen) atoms. The molecule has 0 aliphatic carbocycles. The molecule has 0 saturated heterocycles. The van der Waals surface area contributed by atoms with Crippen molar-refractivity contribution in [1.29, 1.82) is 0 Å². The van der Waals surface area contributed by atoms with Crippen LogP contribution in [0.3, 0.4) is 0 Å². The van der Waals surface area contributed by atoms with E-state index in [2.05, 4.69) is 157 Å². The van der Waals surface area contributed by atoms with Crippen molar-refractivity contribution in [2.24, 2.45) is 0 Å². The highest BCUT2D eigenvalue weighted by atomic mass is 15.1. The lowest BCUT2D eigenvalue weighted by atomic mass is 10.00. The highest BCUT2D eigenvalue weighted by Gasteiger charge is 2.15. The zero-order valence-corrected chi connectivity index (χ0v) is 20.6. The van der Waals surface area contributed by atoms with E-state index in [1.165, 1.54) is 32.8 Å². The molecule has 0 unspecified atom stereocenters. The molecule has 0 atom stereocenters. The van der Waals surface area contributed by atoms with Crippen molar-refractivity contribution >= 4 is 50.0 Å². The molecule has 0 aromatic heterocycles. The number of para-hydroxylation sites is 1. The molecule has 0 spiro atoms. The predicted molar refractivity (Wildman–Crippen MR) is 155 cm³/mol. The van der Waals surface area contributed by atoms with E-state index in [1.807, 2.05) is 0 Å². The van der Waals surface area contributed by atoms with Crippen LogP contribution in [0.25, 0.3) is 21.5 Å². The van der Waals surface area contributed by atoms with Crippen LogP contribution in [0, 0.1) is 6.92 Å². The van der Waals surface area contributed by atoms with E-state index in [0.29, 0.717) is 0 Å². The van der Waals surface area contributed by atoms with Crippen molar-refractivity contribution in [2.75, 3.05) is 16.8 Å². The van der Waals surface area contributed by atoms with Gasteiger partial charge in [0.15, 0.2) is 0 Å². The maximum atomic E-state index is 2.31. The lowest BCUT2D eigenvalue weighted by Gasteiger charge is -2.27. The molecular formula is C34H28N2. The standard InChI is InChI=1S/C34H28N2/c1-25-16-18-30(19-17-25)36(29-12-4-3-5-13-29)31-22-20-28(21-23-31)35(2)34-32-14-8-6-10-26(32)24-27-11-7-9-15-33(27)34/h3-24H,1-2H3. The molecule has 2 heteroatoms. The van der Waals surface area contributed by atoms with Crippen molar-refractivity contribution < 1.29 is 0 Å². The maximum Gasteiger partial charge on any atom is 0.0567 e. The Balaban J connectivity index is 1.44. The molecule has 6 aromatic carbocycles. The van der Waals surface area contributed by atoms with Gasteiger partial charge in [-0.1, -0.05) is 84.4 Å².